The molecule has 0 N–H and O–H groups in total. The summed E-state index contributed by atoms with van der Waals surface area (Å²) in [5, 5.41) is 4.55. The van der Waals surface area contributed by atoms with Crippen LogP contribution in [0, 0.1) is 5.82 Å². The van der Waals surface area contributed by atoms with Crippen LogP contribution in [0.2, 0.25) is 5.02 Å². The van der Waals surface area contributed by atoms with Crippen molar-refractivity contribution in [2.45, 2.75) is 19.8 Å². The summed E-state index contributed by atoms with van der Waals surface area (Å²) < 4.78 is 21.2. The lowest BCUT2D eigenvalue weighted by Crippen LogP contribution is -2.23. The van der Waals surface area contributed by atoms with Gasteiger partial charge in [0.2, 0.25) is 4.96 Å². The van der Waals surface area contributed by atoms with Gasteiger partial charge in [-0.25, -0.2) is 4.39 Å². The number of benzene rings is 2. The normalized spacial score (nSPS) is 12.0. The molecule has 0 aliphatic heterocycles. The summed E-state index contributed by atoms with van der Waals surface area (Å²) in [6.07, 6.45) is 3.51. The van der Waals surface area contributed by atoms with Crippen LogP contribution in [0.15, 0.2) is 47.3 Å². The van der Waals surface area contributed by atoms with Gasteiger partial charge < -0.3 is 4.74 Å². The van der Waals surface area contributed by atoms with Crippen LogP contribution in [-0.4, -0.2) is 21.2 Å². The number of fused-ring (bicyclic) bond motifs is 1. The molecule has 0 unspecified atom stereocenters. The molecule has 0 bridgehead atoms. The molecule has 4 aromatic rings. The van der Waals surface area contributed by atoms with Crippen LogP contribution >= 0.6 is 22.9 Å². The van der Waals surface area contributed by atoms with Gasteiger partial charge in [0.1, 0.15) is 11.6 Å². The van der Waals surface area contributed by atoms with Crippen molar-refractivity contribution >= 4 is 34.0 Å². The van der Waals surface area contributed by atoms with E-state index >= 15 is 0 Å². The maximum atomic E-state index is 14.0. The second kappa shape index (κ2) is 8.31. The first-order chi connectivity index (χ1) is 14.1. The predicted molar refractivity (Wildman–Crippen MR) is 113 cm³/mol. The van der Waals surface area contributed by atoms with Gasteiger partial charge in [-0.15, -0.1) is 5.10 Å². The van der Waals surface area contributed by atoms with E-state index in [4.69, 9.17) is 16.3 Å². The third-order valence-corrected chi connectivity index (χ3v) is 5.62. The second-order valence-electron chi connectivity index (χ2n) is 6.41. The Morgan fingerprint density at radius 2 is 2.03 bits per heavy atom. The summed E-state index contributed by atoms with van der Waals surface area (Å²) in [5.74, 6) is 0.744. The quantitative estimate of drug-likeness (QED) is 0.428. The van der Waals surface area contributed by atoms with Crippen LogP contribution in [0.4, 0.5) is 4.39 Å². The number of hydrogen-bond acceptors (Lipinski definition) is 5. The van der Waals surface area contributed by atoms with Crippen LogP contribution in [0.5, 0.6) is 5.75 Å². The van der Waals surface area contributed by atoms with E-state index in [1.807, 2.05) is 24.3 Å². The van der Waals surface area contributed by atoms with E-state index in [2.05, 4.69) is 17.0 Å². The van der Waals surface area contributed by atoms with Crippen molar-refractivity contribution < 1.29 is 9.13 Å². The number of hydrogen-bond donors (Lipinski definition) is 0. The fraction of sp³-hybridized carbons (Fsp3) is 0.190. The van der Waals surface area contributed by atoms with E-state index in [1.165, 1.54) is 22.7 Å². The molecule has 0 radical (unpaired) electrons. The zero-order valence-corrected chi connectivity index (χ0v) is 17.1. The minimum atomic E-state index is -0.488. The largest absolute Gasteiger partial charge is 0.494 e. The third kappa shape index (κ3) is 4.02. The lowest BCUT2D eigenvalue weighted by Gasteiger charge is -2.05. The summed E-state index contributed by atoms with van der Waals surface area (Å²) in [7, 11) is 0. The highest BCUT2D eigenvalue weighted by Gasteiger charge is 2.13. The summed E-state index contributed by atoms with van der Waals surface area (Å²) in [4.78, 5) is 17.5. The average molecular weight is 430 g/mol. The standard InChI is InChI=1S/C21H17ClFN3O2S/c1-2-3-11-28-14-9-7-13(8-10-14)19-24-21-26(25-19)20(27)18(29-21)12-15-16(22)5-4-6-17(15)23/h4-10,12H,2-3,11H2,1H3/b18-12-. The lowest BCUT2D eigenvalue weighted by atomic mass is 10.2. The van der Waals surface area contributed by atoms with E-state index < -0.39 is 5.82 Å². The first-order valence-electron chi connectivity index (χ1n) is 9.15. The summed E-state index contributed by atoms with van der Waals surface area (Å²) in [5.41, 5.74) is 0.600. The smallest absolute Gasteiger partial charge is 0.291 e. The summed E-state index contributed by atoms with van der Waals surface area (Å²) in [6, 6.07) is 11.8. The first-order valence-corrected chi connectivity index (χ1v) is 10.3. The van der Waals surface area contributed by atoms with Crippen LogP contribution in [0.25, 0.3) is 22.4 Å². The Balaban J connectivity index is 1.65. The zero-order valence-electron chi connectivity index (χ0n) is 15.6. The number of halogens is 2. The van der Waals surface area contributed by atoms with E-state index in [0.29, 0.717) is 21.9 Å². The number of aromatic nitrogens is 3. The maximum Gasteiger partial charge on any atom is 0.291 e. The van der Waals surface area contributed by atoms with Crippen LogP contribution in [0.3, 0.4) is 0 Å². The monoisotopic (exact) mass is 429 g/mol. The molecule has 8 heteroatoms. The summed E-state index contributed by atoms with van der Waals surface area (Å²) >= 11 is 7.19. The minimum Gasteiger partial charge on any atom is -0.494 e. The van der Waals surface area contributed by atoms with Crippen molar-refractivity contribution in [3.8, 4) is 17.1 Å². The van der Waals surface area contributed by atoms with Crippen molar-refractivity contribution in [2.24, 2.45) is 0 Å². The number of unbranched alkanes of at least 4 members (excludes halogenated alkanes) is 1. The molecule has 0 aliphatic carbocycles. The predicted octanol–water partition coefficient (Wildman–Crippen LogP) is 4.34. The molecule has 0 fully saturated rings. The van der Waals surface area contributed by atoms with E-state index in [1.54, 1.807) is 6.07 Å². The summed E-state index contributed by atoms with van der Waals surface area (Å²) in [6.45, 7) is 2.79. The van der Waals surface area contributed by atoms with Gasteiger partial charge in [-0.2, -0.15) is 9.50 Å². The maximum absolute atomic E-state index is 14.0. The van der Waals surface area contributed by atoms with E-state index in [-0.39, 0.29) is 16.1 Å². The van der Waals surface area contributed by atoms with Gasteiger partial charge in [-0.05, 0) is 48.9 Å². The first kappa shape index (κ1) is 19.5. The van der Waals surface area contributed by atoms with Crippen LogP contribution < -0.4 is 14.8 Å². The molecule has 0 saturated carbocycles. The van der Waals surface area contributed by atoms with E-state index in [0.717, 1.165) is 35.5 Å². The number of nitrogens with zero attached hydrogens (tertiary/aromatic N) is 3. The molecule has 0 aliphatic rings. The van der Waals surface area contributed by atoms with Crippen molar-refractivity contribution in [1.82, 2.24) is 14.6 Å². The molecule has 0 amide bonds. The van der Waals surface area contributed by atoms with Crippen LogP contribution in [0.1, 0.15) is 25.3 Å². The highest BCUT2D eigenvalue weighted by atomic mass is 35.5. The van der Waals surface area contributed by atoms with Gasteiger partial charge in [0, 0.05) is 11.1 Å². The van der Waals surface area contributed by atoms with Gasteiger partial charge in [-0.1, -0.05) is 42.3 Å². The number of rotatable bonds is 6. The van der Waals surface area contributed by atoms with Crippen molar-refractivity contribution in [2.75, 3.05) is 6.61 Å². The molecule has 5 nitrogen and oxygen atoms in total. The molecule has 148 valence electrons. The molecule has 29 heavy (non-hydrogen) atoms. The molecule has 2 aromatic carbocycles. The molecule has 2 heterocycles. The topological polar surface area (TPSA) is 56.5 Å². The molecule has 2 aromatic heterocycles. The number of ether oxygens (including phenoxy) is 1. The van der Waals surface area contributed by atoms with Crippen LogP contribution in [-0.2, 0) is 0 Å². The fourth-order valence-electron chi connectivity index (χ4n) is 2.77. The number of thiazole rings is 1. The third-order valence-electron chi connectivity index (χ3n) is 4.34. The SMILES string of the molecule is CCCCOc1ccc(-c2nc3s/c(=C\c4c(F)cccc4Cl)c(=O)n3n2)cc1. The Bertz CT molecular complexity index is 1250. The Labute approximate surface area is 175 Å². The van der Waals surface area contributed by atoms with E-state index in [9.17, 15) is 9.18 Å². The molecular formula is C21H17ClFN3O2S. The minimum absolute atomic E-state index is 0.176. The van der Waals surface area contributed by atoms with Gasteiger partial charge in [0.05, 0.1) is 16.2 Å². The van der Waals surface area contributed by atoms with Gasteiger partial charge in [0.15, 0.2) is 5.82 Å². The average Bonchev–Trinajstić information content (AvgIpc) is 3.25. The Kier molecular flexibility index (Phi) is 5.60. The van der Waals surface area contributed by atoms with Gasteiger partial charge in [0.25, 0.3) is 5.56 Å². The lowest BCUT2D eigenvalue weighted by molar-refractivity contribution is 0.309. The van der Waals surface area contributed by atoms with Gasteiger partial charge in [-0.3, -0.25) is 4.79 Å². The van der Waals surface area contributed by atoms with Crippen molar-refractivity contribution in [3.05, 3.63) is 73.8 Å². The Morgan fingerprint density at radius 3 is 2.72 bits per heavy atom. The fourth-order valence-corrected chi connectivity index (χ4v) is 3.88. The molecule has 4 rings (SSSR count). The highest BCUT2D eigenvalue weighted by molar-refractivity contribution is 7.15. The molecule has 0 atom stereocenters. The Hall–Kier alpha value is -2.77. The molecule has 0 spiro atoms. The van der Waals surface area contributed by atoms with Gasteiger partial charge >= 0.3 is 0 Å². The molecule has 0 saturated heterocycles. The zero-order chi connectivity index (χ0) is 20.4. The Morgan fingerprint density at radius 1 is 1.24 bits per heavy atom. The van der Waals surface area contributed by atoms with Crippen molar-refractivity contribution in [1.29, 1.82) is 0 Å². The van der Waals surface area contributed by atoms with Crippen molar-refractivity contribution in [3.63, 3.8) is 0 Å². The highest BCUT2D eigenvalue weighted by Crippen LogP contribution is 2.22. The second-order valence-corrected chi connectivity index (χ2v) is 7.82. The molecular weight excluding hydrogens is 413 g/mol.